The van der Waals surface area contributed by atoms with E-state index in [0.29, 0.717) is 35.7 Å². The van der Waals surface area contributed by atoms with Gasteiger partial charge in [0.05, 0.1) is 5.69 Å². The molecule has 0 bridgehead atoms. The van der Waals surface area contributed by atoms with Crippen molar-refractivity contribution in [2.24, 2.45) is 0 Å². The average molecular weight is 449 g/mol. The summed E-state index contributed by atoms with van der Waals surface area (Å²) in [5.74, 6) is 0.245. The lowest BCUT2D eigenvalue weighted by atomic mass is 9.85. The Bertz CT molecular complexity index is 906. The van der Waals surface area contributed by atoms with Crippen molar-refractivity contribution < 1.29 is 24.1 Å². The number of fused-ring (bicyclic) bond motifs is 1. The standard InChI is InChI=1S/C23H29ClN2O5/c1-22(2)14-23(28,25-10-9-16-7-5-4-6-8-16)17-11-18(26-21(27)13-24)20(30-15-29-3)12-19(17)31-22/h4-8,11-12,25,28H,9-10,13-15H2,1-3H3,(H,26,27)/t23-/m1/s1. The van der Waals surface area contributed by atoms with Crippen molar-refractivity contribution in [1.82, 2.24) is 5.32 Å². The van der Waals surface area contributed by atoms with Gasteiger partial charge < -0.3 is 24.6 Å². The first-order valence-corrected chi connectivity index (χ1v) is 10.7. The molecule has 1 aliphatic rings. The Morgan fingerprint density at radius 2 is 2.00 bits per heavy atom. The third-order valence-corrected chi connectivity index (χ3v) is 5.24. The summed E-state index contributed by atoms with van der Waals surface area (Å²) in [6, 6.07) is 13.4. The van der Waals surface area contributed by atoms with Crippen LogP contribution in [0, 0.1) is 0 Å². The second kappa shape index (κ2) is 9.87. The minimum atomic E-state index is -1.36. The summed E-state index contributed by atoms with van der Waals surface area (Å²) in [6.07, 6.45) is 1.08. The molecular formula is C23H29ClN2O5. The summed E-state index contributed by atoms with van der Waals surface area (Å²) < 4.78 is 16.7. The van der Waals surface area contributed by atoms with Gasteiger partial charge in [0.15, 0.2) is 6.79 Å². The normalized spacial score (nSPS) is 19.3. The van der Waals surface area contributed by atoms with Crippen LogP contribution >= 0.6 is 11.6 Å². The maximum Gasteiger partial charge on any atom is 0.239 e. The van der Waals surface area contributed by atoms with Gasteiger partial charge in [-0.05, 0) is 31.9 Å². The van der Waals surface area contributed by atoms with Crippen molar-refractivity contribution in [2.45, 2.75) is 38.0 Å². The fourth-order valence-electron chi connectivity index (χ4n) is 3.75. The van der Waals surface area contributed by atoms with E-state index in [4.69, 9.17) is 25.8 Å². The molecule has 1 aliphatic heterocycles. The highest BCUT2D eigenvalue weighted by atomic mass is 35.5. The Morgan fingerprint density at radius 3 is 2.68 bits per heavy atom. The third-order valence-electron chi connectivity index (χ3n) is 5.00. The molecule has 0 unspecified atom stereocenters. The smallest absolute Gasteiger partial charge is 0.239 e. The van der Waals surface area contributed by atoms with Crippen LogP contribution in [0.3, 0.4) is 0 Å². The molecular weight excluding hydrogens is 420 g/mol. The Hall–Kier alpha value is -2.32. The molecule has 0 saturated carbocycles. The lowest BCUT2D eigenvalue weighted by molar-refractivity contribution is -0.114. The summed E-state index contributed by atoms with van der Waals surface area (Å²) in [6.45, 7) is 4.38. The Balaban J connectivity index is 1.92. The van der Waals surface area contributed by atoms with Gasteiger partial charge >= 0.3 is 0 Å². The molecule has 3 N–H and O–H groups in total. The van der Waals surface area contributed by atoms with Crippen LogP contribution in [0.1, 0.15) is 31.4 Å². The Morgan fingerprint density at radius 1 is 1.26 bits per heavy atom. The molecule has 168 valence electrons. The minimum Gasteiger partial charge on any atom is -0.487 e. The van der Waals surface area contributed by atoms with E-state index in [-0.39, 0.29) is 18.6 Å². The molecule has 31 heavy (non-hydrogen) atoms. The van der Waals surface area contributed by atoms with E-state index in [1.807, 2.05) is 44.2 Å². The summed E-state index contributed by atoms with van der Waals surface area (Å²) in [5.41, 5.74) is 0.0959. The number of alkyl halides is 1. The van der Waals surface area contributed by atoms with Gasteiger partial charge in [0.25, 0.3) is 0 Å². The first-order chi connectivity index (χ1) is 14.8. The predicted molar refractivity (Wildman–Crippen MR) is 120 cm³/mol. The highest BCUT2D eigenvalue weighted by Gasteiger charge is 2.44. The number of amides is 1. The zero-order valence-corrected chi connectivity index (χ0v) is 18.8. The van der Waals surface area contributed by atoms with E-state index in [2.05, 4.69) is 10.6 Å². The second-order valence-electron chi connectivity index (χ2n) is 8.14. The number of methoxy groups -OCH3 is 1. The predicted octanol–water partition coefficient (Wildman–Crippen LogP) is 3.39. The fourth-order valence-corrected chi connectivity index (χ4v) is 3.82. The quantitative estimate of drug-likeness (QED) is 0.402. The van der Waals surface area contributed by atoms with Gasteiger partial charge in [-0.15, -0.1) is 11.6 Å². The molecule has 0 spiro atoms. The van der Waals surface area contributed by atoms with Crippen molar-refractivity contribution in [3.63, 3.8) is 0 Å². The van der Waals surface area contributed by atoms with E-state index in [0.717, 1.165) is 6.42 Å². The fraction of sp³-hybridized carbons (Fsp3) is 0.435. The molecule has 1 heterocycles. The van der Waals surface area contributed by atoms with E-state index < -0.39 is 11.3 Å². The summed E-state index contributed by atoms with van der Waals surface area (Å²) in [5, 5.41) is 17.6. The van der Waals surface area contributed by atoms with Crippen LogP contribution < -0.4 is 20.1 Å². The van der Waals surface area contributed by atoms with Gasteiger partial charge in [0, 0.05) is 31.7 Å². The van der Waals surface area contributed by atoms with Crippen LogP contribution in [-0.4, -0.2) is 42.9 Å². The van der Waals surface area contributed by atoms with Crippen molar-refractivity contribution in [3.8, 4) is 11.5 Å². The highest BCUT2D eigenvalue weighted by molar-refractivity contribution is 6.29. The second-order valence-corrected chi connectivity index (χ2v) is 8.41. The van der Waals surface area contributed by atoms with Crippen LogP contribution in [0.15, 0.2) is 42.5 Å². The number of benzene rings is 2. The number of rotatable bonds is 9. The number of nitrogens with one attached hydrogen (secondary N) is 2. The van der Waals surface area contributed by atoms with Crippen molar-refractivity contribution in [1.29, 1.82) is 0 Å². The molecule has 2 aromatic carbocycles. The van der Waals surface area contributed by atoms with E-state index in [1.165, 1.54) is 12.7 Å². The number of hydrogen-bond donors (Lipinski definition) is 3. The third kappa shape index (κ3) is 5.89. The molecule has 8 heteroatoms. The van der Waals surface area contributed by atoms with Gasteiger partial charge in [-0.3, -0.25) is 10.1 Å². The largest absolute Gasteiger partial charge is 0.487 e. The van der Waals surface area contributed by atoms with Gasteiger partial charge in [-0.25, -0.2) is 0 Å². The van der Waals surface area contributed by atoms with Gasteiger partial charge in [0.2, 0.25) is 5.91 Å². The van der Waals surface area contributed by atoms with Crippen molar-refractivity contribution >= 4 is 23.2 Å². The number of anilines is 1. The van der Waals surface area contributed by atoms with Gasteiger partial charge in [0.1, 0.15) is 28.7 Å². The maximum absolute atomic E-state index is 11.9. The molecule has 0 aromatic heterocycles. The van der Waals surface area contributed by atoms with Crippen LogP contribution in [0.2, 0.25) is 0 Å². The highest BCUT2D eigenvalue weighted by Crippen LogP contribution is 2.46. The first kappa shape index (κ1) is 23.3. The van der Waals surface area contributed by atoms with Gasteiger partial charge in [-0.2, -0.15) is 0 Å². The van der Waals surface area contributed by atoms with E-state index in [9.17, 15) is 9.90 Å². The Kier molecular flexibility index (Phi) is 7.43. The molecule has 7 nitrogen and oxygen atoms in total. The number of ether oxygens (including phenoxy) is 3. The van der Waals surface area contributed by atoms with Crippen LogP contribution in [-0.2, 0) is 21.7 Å². The molecule has 0 radical (unpaired) electrons. The molecule has 0 aliphatic carbocycles. The first-order valence-electron chi connectivity index (χ1n) is 10.1. The minimum absolute atomic E-state index is 0.00841. The Labute approximate surface area is 187 Å². The van der Waals surface area contributed by atoms with Crippen LogP contribution in [0.5, 0.6) is 11.5 Å². The molecule has 3 rings (SSSR count). The molecule has 0 fully saturated rings. The summed E-state index contributed by atoms with van der Waals surface area (Å²) in [7, 11) is 1.50. The molecule has 2 aromatic rings. The molecule has 0 saturated heterocycles. The zero-order chi connectivity index (χ0) is 22.5. The van der Waals surface area contributed by atoms with E-state index in [1.54, 1.807) is 12.1 Å². The SMILES string of the molecule is COCOc1cc2c(cc1NC(=O)CCl)[C@@](O)(NCCc1ccccc1)CC(C)(C)O2. The molecule has 1 amide bonds. The van der Waals surface area contributed by atoms with Crippen molar-refractivity contribution in [2.75, 3.05) is 31.6 Å². The maximum atomic E-state index is 11.9. The number of carbonyl (C=O) groups excluding carboxylic acids is 1. The summed E-state index contributed by atoms with van der Waals surface area (Å²) in [4.78, 5) is 11.9. The number of carbonyl (C=O) groups is 1. The number of aliphatic hydroxyl groups is 1. The zero-order valence-electron chi connectivity index (χ0n) is 18.0. The van der Waals surface area contributed by atoms with E-state index >= 15 is 0 Å². The number of hydrogen-bond acceptors (Lipinski definition) is 6. The lowest BCUT2D eigenvalue weighted by Crippen LogP contribution is -2.53. The van der Waals surface area contributed by atoms with Gasteiger partial charge in [-0.1, -0.05) is 30.3 Å². The summed E-state index contributed by atoms with van der Waals surface area (Å²) >= 11 is 5.66. The molecule has 1 atom stereocenters. The average Bonchev–Trinajstić information content (AvgIpc) is 2.72. The van der Waals surface area contributed by atoms with Crippen LogP contribution in [0.4, 0.5) is 5.69 Å². The lowest BCUT2D eigenvalue weighted by Gasteiger charge is -2.43. The monoisotopic (exact) mass is 448 g/mol. The van der Waals surface area contributed by atoms with Crippen molar-refractivity contribution in [3.05, 3.63) is 53.6 Å². The number of halogens is 1. The topological polar surface area (TPSA) is 89.1 Å². The van der Waals surface area contributed by atoms with Crippen LogP contribution in [0.25, 0.3) is 0 Å².